The van der Waals surface area contributed by atoms with Gasteiger partial charge >= 0.3 is 0 Å². The van der Waals surface area contributed by atoms with E-state index in [1.807, 2.05) is 0 Å². The van der Waals surface area contributed by atoms with E-state index >= 15 is 0 Å². The van der Waals surface area contributed by atoms with Gasteiger partial charge in [-0.05, 0) is 26.0 Å². The summed E-state index contributed by atoms with van der Waals surface area (Å²) >= 11 is 0.989. The lowest BCUT2D eigenvalue weighted by atomic mass is 10.3. The normalized spacial score (nSPS) is 23.0. The van der Waals surface area contributed by atoms with E-state index in [0.29, 0.717) is 18.0 Å². The molecular formula is C12H15N3O4S2. The van der Waals surface area contributed by atoms with Crippen LogP contribution in [-0.2, 0) is 30.9 Å². The summed E-state index contributed by atoms with van der Waals surface area (Å²) in [7, 11) is -3.66. The molecule has 0 saturated carbocycles. The van der Waals surface area contributed by atoms with Gasteiger partial charge in [0.2, 0.25) is 10.0 Å². The van der Waals surface area contributed by atoms with E-state index in [4.69, 9.17) is 9.47 Å². The van der Waals surface area contributed by atoms with Crippen LogP contribution in [-0.4, -0.2) is 33.5 Å². The maximum absolute atomic E-state index is 12.4. The molecule has 2 heterocycles. The molecule has 0 spiro atoms. The summed E-state index contributed by atoms with van der Waals surface area (Å²) in [5.74, 6) is -0.672. The third-order valence-electron chi connectivity index (χ3n) is 3.11. The van der Waals surface area contributed by atoms with E-state index in [0.717, 1.165) is 11.4 Å². The largest absolute Gasteiger partial charge is 0.348 e. The number of fused-ring (bicyclic) bond motifs is 1. The highest BCUT2D eigenvalue weighted by atomic mass is 32.2. The standard InChI is InChI=1S/C12H15N3O4S2/c1-12(2)18-7-8(19-12)6-13-21(16,17)10-5-3-4-9-11(10)15-20-14-9/h3-5,8,13H,6-7H2,1-2H3. The van der Waals surface area contributed by atoms with Crippen molar-refractivity contribution >= 4 is 32.8 Å². The van der Waals surface area contributed by atoms with Crippen LogP contribution in [0.25, 0.3) is 0 Å². The zero-order valence-electron chi connectivity index (χ0n) is 11.6. The van der Waals surface area contributed by atoms with Gasteiger partial charge in [0.15, 0.2) is 5.79 Å². The van der Waals surface area contributed by atoms with E-state index in [-0.39, 0.29) is 17.5 Å². The average Bonchev–Trinajstić information content (AvgIpc) is 3.02. The molecule has 3 rings (SSSR count). The van der Waals surface area contributed by atoms with Gasteiger partial charge in [-0.3, -0.25) is 0 Å². The first-order valence-electron chi connectivity index (χ1n) is 6.40. The third-order valence-corrected chi connectivity index (χ3v) is 5.10. The number of sulfonamides is 1. The van der Waals surface area contributed by atoms with Crippen molar-refractivity contribution in [3.8, 4) is 0 Å². The minimum atomic E-state index is -3.66. The highest BCUT2D eigenvalue weighted by molar-refractivity contribution is 7.89. The summed E-state index contributed by atoms with van der Waals surface area (Å²) in [6.45, 7) is 4.10. The van der Waals surface area contributed by atoms with Gasteiger partial charge in [-0.2, -0.15) is 8.73 Å². The van der Waals surface area contributed by atoms with Crippen LogP contribution in [0.2, 0.25) is 0 Å². The number of hydrogen-bond donors (Lipinski definition) is 1. The van der Waals surface area contributed by atoms with Crippen molar-refractivity contribution in [2.75, 3.05) is 13.2 Å². The smallest absolute Gasteiger partial charge is 0.242 e. The molecule has 0 aromatic heterocycles. The molecule has 1 saturated heterocycles. The number of hydrogen-bond acceptors (Lipinski definition) is 6. The van der Waals surface area contributed by atoms with Crippen molar-refractivity contribution in [3.63, 3.8) is 0 Å². The molecule has 1 fully saturated rings. The highest BCUT2D eigenvalue weighted by Gasteiger charge is 2.33. The number of ether oxygens (including phenoxy) is 2. The Labute approximate surface area is 126 Å². The minimum Gasteiger partial charge on any atom is -0.348 e. The average molecular weight is 329 g/mol. The molecule has 0 amide bonds. The molecule has 9 heteroatoms. The van der Waals surface area contributed by atoms with Crippen LogP contribution in [0.4, 0.5) is 11.4 Å². The first-order chi connectivity index (χ1) is 9.87. The summed E-state index contributed by atoms with van der Waals surface area (Å²) in [5.41, 5.74) is 0.961. The van der Waals surface area contributed by atoms with Crippen molar-refractivity contribution in [2.24, 2.45) is 8.73 Å². The van der Waals surface area contributed by atoms with Crippen LogP contribution in [0, 0.1) is 0 Å². The van der Waals surface area contributed by atoms with Crippen LogP contribution in [0.1, 0.15) is 13.8 Å². The zero-order chi connectivity index (χ0) is 15.1. The maximum atomic E-state index is 12.4. The van der Waals surface area contributed by atoms with Gasteiger partial charge < -0.3 is 9.47 Å². The van der Waals surface area contributed by atoms with Crippen LogP contribution in [0.15, 0.2) is 31.8 Å². The molecule has 1 atom stereocenters. The summed E-state index contributed by atoms with van der Waals surface area (Å²) < 4.78 is 46.4. The first-order valence-corrected chi connectivity index (χ1v) is 8.61. The summed E-state index contributed by atoms with van der Waals surface area (Å²) in [4.78, 5) is 0.131. The van der Waals surface area contributed by atoms with E-state index in [1.54, 1.807) is 26.0 Å². The van der Waals surface area contributed by atoms with Gasteiger partial charge in [-0.25, -0.2) is 13.1 Å². The van der Waals surface area contributed by atoms with Gasteiger partial charge in [0.05, 0.1) is 24.1 Å². The van der Waals surface area contributed by atoms with E-state index in [1.165, 1.54) is 6.07 Å². The predicted octanol–water partition coefficient (Wildman–Crippen LogP) is 1.84. The molecule has 1 N–H and O–H groups in total. The van der Waals surface area contributed by atoms with Gasteiger partial charge in [0.25, 0.3) is 0 Å². The van der Waals surface area contributed by atoms with Crippen LogP contribution < -0.4 is 4.72 Å². The molecule has 0 aliphatic carbocycles. The minimum absolute atomic E-state index is 0.131. The quantitative estimate of drug-likeness (QED) is 0.927. The third kappa shape index (κ3) is 3.06. The summed E-state index contributed by atoms with van der Waals surface area (Å²) in [6, 6.07) is 4.90. The molecule has 1 aromatic carbocycles. The topological polar surface area (TPSA) is 89.3 Å². The molecule has 1 aromatic rings. The van der Waals surface area contributed by atoms with Crippen LogP contribution in [0.3, 0.4) is 0 Å². The predicted molar refractivity (Wildman–Crippen MR) is 78.1 cm³/mol. The van der Waals surface area contributed by atoms with Crippen molar-refractivity contribution in [1.82, 2.24) is 4.72 Å². The molecule has 2 aliphatic heterocycles. The molecule has 0 bridgehead atoms. The number of rotatable bonds is 4. The number of benzene rings is 1. The second-order valence-electron chi connectivity index (χ2n) is 5.19. The molecule has 114 valence electrons. The Morgan fingerprint density at radius 3 is 2.95 bits per heavy atom. The van der Waals surface area contributed by atoms with Crippen LogP contribution in [0.5, 0.6) is 0 Å². The molecular weight excluding hydrogens is 314 g/mol. The lowest BCUT2D eigenvalue weighted by molar-refractivity contribution is -0.137. The van der Waals surface area contributed by atoms with Gasteiger partial charge in [0.1, 0.15) is 16.3 Å². The van der Waals surface area contributed by atoms with Crippen molar-refractivity contribution in [2.45, 2.75) is 30.6 Å². The van der Waals surface area contributed by atoms with Crippen molar-refractivity contribution in [1.29, 1.82) is 0 Å². The fraction of sp³-hybridized carbons (Fsp3) is 0.500. The number of nitrogens with zero attached hydrogens (tertiary/aromatic N) is 2. The Morgan fingerprint density at radius 1 is 1.43 bits per heavy atom. The van der Waals surface area contributed by atoms with E-state index in [9.17, 15) is 8.42 Å². The molecule has 0 radical (unpaired) electrons. The second-order valence-corrected chi connectivity index (χ2v) is 7.45. The number of nitrogens with one attached hydrogen (secondary N) is 1. The Hall–Kier alpha value is -1.13. The zero-order valence-corrected chi connectivity index (χ0v) is 13.2. The van der Waals surface area contributed by atoms with Gasteiger partial charge in [0, 0.05) is 6.54 Å². The molecule has 1 unspecified atom stereocenters. The molecule has 21 heavy (non-hydrogen) atoms. The Balaban J connectivity index is 1.74. The fourth-order valence-electron chi connectivity index (χ4n) is 2.14. The Kier molecular flexibility index (Phi) is 3.70. The van der Waals surface area contributed by atoms with Crippen molar-refractivity contribution in [3.05, 3.63) is 18.2 Å². The maximum Gasteiger partial charge on any atom is 0.242 e. The lowest BCUT2D eigenvalue weighted by Crippen LogP contribution is -2.34. The first kappa shape index (κ1) is 14.8. The Morgan fingerprint density at radius 2 is 2.24 bits per heavy atom. The van der Waals surface area contributed by atoms with E-state index < -0.39 is 15.8 Å². The Bertz CT molecular complexity index is 739. The van der Waals surface area contributed by atoms with E-state index in [2.05, 4.69) is 13.4 Å². The summed E-state index contributed by atoms with van der Waals surface area (Å²) in [5, 5.41) is 0. The molecule has 7 nitrogen and oxygen atoms in total. The van der Waals surface area contributed by atoms with Crippen LogP contribution >= 0.6 is 0 Å². The molecule has 2 aliphatic rings. The van der Waals surface area contributed by atoms with Gasteiger partial charge in [-0.1, -0.05) is 6.07 Å². The summed E-state index contributed by atoms with van der Waals surface area (Å²) in [6.07, 6.45) is -0.303. The lowest BCUT2D eigenvalue weighted by Gasteiger charge is -2.17. The SMILES string of the molecule is CC1(C)OCC(CNS(=O)(=O)c2cccc3c2N=S=N3)O1. The highest BCUT2D eigenvalue weighted by Crippen LogP contribution is 2.37. The van der Waals surface area contributed by atoms with Crippen molar-refractivity contribution < 1.29 is 17.9 Å². The second kappa shape index (κ2) is 5.25. The monoisotopic (exact) mass is 329 g/mol. The fourth-order valence-corrected chi connectivity index (χ4v) is 3.97. The van der Waals surface area contributed by atoms with Gasteiger partial charge in [-0.15, -0.1) is 0 Å².